The molecule has 0 radical (unpaired) electrons. The third-order valence-electron chi connectivity index (χ3n) is 2.66. The Labute approximate surface area is 111 Å². The Morgan fingerprint density at radius 2 is 2.06 bits per heavy atom. The molecule has 1 atom stereocenters. The predicted molar refractivity (Wildman–Crippen MR) is 72.6 cm³/mol. The van der Waals surface area contributed by atoms with Gasteiger partial charge in [-0.1, -0.05) is 6.07 Å². The van der Waals surface area contributed by atoms with Crippen LogP contribution >= 0.6 is 11.8 Å². The highest BCUT2D eigenvalue weighted by atomic mass is 32.2. The third kappa shape index (κ3) is 3.27. The summed E-state index contributed by atoms with van der Waals surface area (Å²) in [7, 11) is 1.94. The first-order chi connectivity index (χ1) is 8.69. The lowest BCUT2D eigenvalue weighted by Crippen LogP contribution is -2.12. The lowest BCUT2D eigenvalue weighted by atomic mass is 10.1. The van der Waals surface area contributed by atoms with E-state index in [1.807, 2.05) is 32.3 Å². The average Bonchev–Trinajstić information content (AvgIpc) is 2.39. The number of nitrogens with one attached hydrogen (secondary N) is 1. The van der Waals surface area contributed by atoms with Gasteiger partial charge in [0, 0.05) is 24.1 Å². The molecule has 0 aliphatic carbocycles. The van der Waals surface area contributed by atoms with Gasteiger partial charge in [0.2, 0.25) is 0 Å². The van der Waals surface area contributed by atoms with Crippen LogP contribution in [-0.4, -0.2) is 22.0 Å². The van der Waals surface area contributed by atoms with Crippen LogP contribution in [0.2, 0.25) is 0 Å². The molecule has 0 aliphatic heterocycles. The number of hydrogen-bond acceptors (Lipinski definition) is 5. The predicted octanol–water partition coefficient (Wildman–Crippen LogP) is 2.61. The molecule has 4 nitrogen and oxygen atoms in total. The lowest BCUT2D eigenvalue weighted by Gasteiger charge is -2.09. The number of aromatic nitrogens is 3. The minimum Gasteiger partial charge on any atom is -0.313 e. The van der Waals surface area contributed by atoms with Crippen molar-refractivity contribution in [2.75, 3.05) is 7.05 Å². The van der Waals surface area contributed by atoms with E-state index < -0.39 is 0 Å². The van der Waals surface area contributed by atoms with E-state index in [4.69, 9.17) is 0 Å². The zero-order chi connectivity index (χ0) is 13.0. The Hall–Kier alpha value is -1.46. The Morgan fingerprint density at radius 1 is 1.22 bits per heavy atom. The van der Waals surface area contributed by atoms with Crippen LogP contribution in [0.4, 0.5) is 0 Å². The summed E-state index contributed by atoms with van der Waals surface area (Å²) in [6, 6.07) is 6.27. The van der Waals surface area contributed by atoms with Crippen molar-refractivity contribution in [3.8, 4) is 0 Å². The van der Waals surface area contributed by atoms with Crippen molar-refractivity contribution in [1.29, 1.82) is 0 Å². The van der Waals surface area contributed by atoms with Gasteiger partial charge >= 0.3 is 0 Å². The van der Waals surface area contributed by atoms with E-state index in [2.05, 4.69) is 33.3 Å². The Morgan fingerprint density at radius 3 is 2.67 bits per heavy atom. The minimum absolute atomic E-state index is 0.312. The van der Waals surface area contributed by atoms with Gasteiger partial charge in [0.1, 0.15) is 5.03 Å². The summed E-state index contributed by atoms with van der Waals surface area (Å²) in [6.45, 7) is 4.06. The van der Waals surface area contributed by atoms with Gasteiger partial charge in [-0.15, -0.1) is 0 Å². The average molecular weight is 260 g/mol. The van der Waals surface area contributed by atoms with E-state index in [9.17, 15) is 0 Å². The molecule has 0 aliphatic rings. The molecule has 0 spiro atoms. The quantitative estimate of drug-likeness (QED) is 0.856. The summed E-state index contributed by atoms with van der Waals surface area (Å²) in [5, 5.41) is 4.83. The first kappa shape index (κ1) is 13.0. The summed E-state index contributed by atoms with van der Waals surface area (Å²) in [6.07, 6.45) is 3.65. The molecule has 1 N–H and O–H groups in total. The molecule has 5 heteroatoms. The summed E-state index contributed by atoms with van der Waals surface area (Å²) in [5.74, 6) is 0. The summed E-state index contributed by atoms with van der Waals surface area (Å²) in [5.41, 5.74) is 2.14. The second kappa shape index (κ2) is 5.93. The highest BCUT2D eigenvalue weighted by molar-refractivity contribution is 7.99. The minimum atomic E-state index is 0.312. The fourth-order valence-electron chi connectivity index (χ4n) is 1.44. The van der Waals surface area contributed by atoms with E-state index in [1.165, 1.54) is 17.3 Å². The van der Waals surface area contributed by atoms with Crippen molar-refractivity contribution in [3.05, 3.63) is 41.9 Å². The fraction of sp³-hybridized carbons (Fsp3) is 0.308. The van der Waals surface area contributed by atoms with Crippen LogP contribution in [0.1, 0.15) is 24.2 Å². The second-order valence-electron chi connectivity index (χ2n) is 4.02. The number of rotatable bonds is 4. The van der Waals surface area contributed by atoms with Crippen LogP contribution in [-0.2, 0) is 0 Å². The highest BCUT2D eigenvalue weighted by Crippen LogP contribution is 2.23. The maximum atomic E-state index is 4.42. The summed E-state index contributed by atoms with van der Waals surface area (Å²) >= 11 is 1.48. The number of nitrogens with zero attached hydrogens (tertiary/aromatic N) is 3. The molecule has 18 heavy (non-hydrogen) atoms. The molecule has 0 saturated heterocycles. The number of hydrogen-bond donors (Lipinski definition) is 1. The van der Waals surface area contributed by atoms with Gasteiger partial charge in [-0.3, -0.25) is 0 Å². The molecule has 0 amide bonds. The van der Waals surface area contributed by atoms with Crippen LogP contribution in [0.3, 0.4) is 0 Å². The highest BCUT2D eigenvalue weighted by Gasteiger charge is 2.05. The summed E-state index contributed by atoms with van der Waals surface area (Å²) in [4.78, 5) is 13.0. The molecular weight excluding hydrogens is 244 g/mol. The maximum absolute atomic E-state index is 4.42. The summed E-state index contributed by atoms with van der Waals surface area (Å²) < 4.78 is 0. The topological polar surface area (TPSA) is 50.7 Å². The van der Waals surface area contributed by atoms with Crippen LogP contribution in [0.15, 0.2) is 40.8 Å². The molecule has 2 aromatic heterocycles. The molecule has 1 unspecified atom stereocenters. The first-order valence-corrected chi connectivity index (χ1v) is 6.61. The number of aryl methyl sites for hydroxylation is 1. The molecule has 0 saturated carbocycles. The smallest absolute Gasteiger partial charge is 0.194 e. The van der Waals surface area contributed by atoms with Gasteiger partial charge in [-0.2, -0.15) is 0 Å². The van der Waals surface area contributed by atoms with E-state index in [0.29, 0.717) is 6.04 Å². The molecule has 94 valence electrons. The van der Waals surface area contributed by atoms with Gasteiger partial charge in [0.15, 0.2) is 5.16 Å². The lowest BCUT2D eigenvalue weighted by molar-refractivity contribution is 0.648. The zero-order valence-corrected chi connectivity index (χ0v) is 11.5. The zero-order valence-electron chi connectivity index (χ0n) is 10.7. The standard InChI is InChI=1S/C13H16N4S/c1-9-6-7-15-13(17-9)18-12-5-4-11(8-16-12)10(2)14-3/h4-8,10,14H,1-3H3. The van der Waals surface area contributed by atoms with Crippen molar-refractivity contribution >= 4 is 11.8 Å². The van der Waals surface area contributed by atoms with Crippen LogP contribution in [0, 0.1) is 6.92 Å². The van der Waals surface area contributed by atoms with E-state index >= 15 is 0 Å². The Kier molecular flexibility index (Phi) is 4.28. The van der Waals surface area contributed by atoms with Crippen molar-refractivity contribution in [3.63, 3.8) is 0 Å². The molecule has 0 aromatic carbocycles. The van der Waals surface area contributed by atoms with Crippen molar-refractivity contribution in [1.82, 2.24) is 20.3 Å². The van der Waals surface area contributed by atoms with Crippen LogP contribution in [0.25, 0.3) is 0 Å². The van der Waals surface area contributed by atoms with Gasteiger partial charge < -0.3 is 5.32 Å². The van der Waals surface area contributed by atoms with E-state index in [1.54, 1.807) is 6.20 Å². The first-order valence-electron chi connectivity index (χ1n) is 5.80. The maximum Gasteiger partial charge on any atom is 0.194 e. The molecule has 0 bridgehead atoms. The monoisotopic (exact) mass is 260 g/mol. The van der Waals surface area contributed by atoms with E-state index in [-0.39, 0.29) is 0 Å². The molecule has 2 heterocycles. The molecule has 2 aromatic rings. The van der Waals surface area contributed by atoms with E-state index in [0.717, 1.165) is 15.9 Å². The molecular formula is C13H16N4S. The molecule has 2 rings (SSSR count). The van der Waals surface area contributed by atoms with Gasteiger partial charge in [0.05, 0.1) is 0 Å². The Balaban J connectivity index is 2.11. The number of pyridine rings is 1. The second-order valence-corrected chi connectivity index (χ2v) is 5.01. The van der Waals surface area contributed by atoms with Gasteiger partial charge in [-0.25, -0.2) is 15.0 Å². The fourth-order valence-corrected chi connectivity index (χ4v) is 2.18. The van der Waals surface area contributed by atoms with Crippen molar-refractivity contribution in [2.45, 2.75) is 30.1 Å². The van der Waals surface area contributed by atoms with Crippen molar-refractivity contribution < 1.29 is 0 Å². The van der Waals surface area contributed by atoms with Gasteiger partial charge in [-0.05, 0) is 50.4 Å². The SMILES string of the molecule is CNC(C)c1ccc(Sc2nccc(C)n2)nc1. The normalized spacial score (nSPS) is 12.4. The largest absolute Gasteiger partial charge is 0.313 e. The molecule has 0 fully saturated rings. The van der Waals surface area contributed by atoms with Crippen LogP contribution in [0.5, 0.6) is 0 Å². The Bertz CT molecular complexity index is 513. The third-order valence-corrected chi connectivity index (χ3v) is 3.49. The van der Waals surface area contributed by atoms with Crippen molar-refractivity contribution in [2.24, 2.45) is 0 Å². The van der Waals surface area contributed by atoms with Crippen LogP contribution < -0.4 is 5.32 Å². The van der Waals surface area contributed by atoms with Gasteiger partial charge in [0.25, 0.3) is 0 Å².